The highest BCUT2D eigenvalue weighted by molar-refractivity contribution is 5.98. The first kappa shape index (κ1) is 21.4. The summed E-state index contributed by atoms with van der Waals surface area (Å²) in [5.41, 5.74) is 2.66. The van der Waals surface area contributed by atoms with Crippen LogP contribution in [0.3, 0.4) is 0 Å². The highest BCUT2D eigenvalue weighted by Gasteiger charge is 2.14. The Morgan fingerprint density at radius 3 is 2.07 bits per heavy atom. The second-order valence-corrected chi connectivity index (χ2v) is 7.13. The number of nitrogens with one attached hydrogen (secondary N) is 1. The summed E-state index contributed by atoms with van der Waals surface area (Å²) in [6, 6.07) is 17.2. The maximum atomic E-state index is 12.3. The van der Waals surface area contributed by atoms with E-state index in [0.717, 1.165) is 11.1 Å². The molecule has 0 spiro atoms. The number of carbonyl (C=O) groups excluding carboxylic acids is 3. The first-order valence-electron chi connectivity index (χ1n) is 9.50. The molecule has 0 unspecified atom stereocenters. The average Bonchev–Trinajstić information content (AvgIpc) is 2.71. The van der Waals surface area contributed by atoms with Crippen molar-refractivity contribution in [3.05, 3.63) is 60.2 Å². The van der Waals surface area contributed by atoms with E-state index in [9.17, 15) is 14.4 Å². The average molecular weight is 381 g/mol. The third-order valence-electron chi connectivity index (χ3n) is 4.62. The van der Waals surface area contributed by atoms with Gasteiger partial charge in [-0.25, -0.2) is 0 Å². The molecule has 0 fully saturated rings. The number of hydrogen-bond donors (Lipinski definition) is 1. The Labute approximate surface area is 166 Å². The summed E-state index contributed by atoms with van der Waals surface area (Å²) in [5.74, 6) is -0.723. The Balaban J connectivity index is 1.77. The van der Waals surface area contributed by atoms with Crippen molar-refractivity contribution in [3.8, 4) is 11.1 Å². The van der Waals surface area contributed by atoms with Crippen molar-refractivity contribution in [1.82, 2.24) is 5.32 Å². The molecule has 2 aromatic carbocycles. The van der Waals surface area contributed by atoms with Gasteiger partial charge < -0.3 is 10.1 Å². The lowest BCUT2D eigenvalue weighted by atomic mass is 10.0. The standard InChI is InChI=1S/C23H27NO4/c1-16(2)17(3)24-22(26)15-28-23(27)14-13-21(25)20-11-9-19(10-12-20)18-7-5-4-6-8-18/h4-12,16-17H,13-15H2,1-3H3,(H,24,26)/t17-/m0/s1. The third kappa shape index (κ3) is 6.65. The van der Waals surface area contributed by atoms with Crippen molar-refractivity contribution >= 4 is 17.7 Å². The number of hydrogen-bond acceptors (Lipinski definition) is 4. The van der Waals surface area contributed by atoms with E-state index in [2.05, 4.69) is 5.32 Å². The van der Waals surface area contributed by atoms with Crippen molar-refractivity contribution in [2.45, 2.75) is 39.7 Å². The Morgan fingerprint density at radius 1 is 0.857 bits per heavy atom. The number of Topliss-reactive ketones (excluding diaryl/α,β-unsaturated/α-hetero) is 1. The summed E-state index contributed by atoms with van der Waals surface area (Å²) in [5, 5.41) is 2.76. The van der Waals surface area contributed by atoms with Gasteiger partial charge in [-0.3, -0.25) is 14.4 Å². The minimum absolute atomic E-state index is 0.00615. The van der Waals surface area contributed by atoms with E-state index < -0.39 is 5.97 Å². The van der Waals surface area contributed by atoms with Gasteiger partial charge in [-0.05, 0) is 24.0 Å². The zero-order chi connectivity index (χ0) is 20.5. The fraction of sp³-hybridized carbons (Fsp3) is 0.348. The van der Waals surface area contributed by atoms with Crippen LogP contribution in [0.5, 0.6) is 0 Å². The molecule has 148 valence electrons. The molecule has 28 heavy (non-hydrogen) atoms. The van der Waals surface area contributed by atoms with Gasteiger partial charge in [0.05, 0.1) is 6.42 Å². The molecule has 2 rings (SSSR count). The molecule has 0 radical (unpaired) electrons. The number of amides is 1. The third-order valence-corrected chi connectivity index (χ3v) is 4.62. The largest absolute Gasteiger partial charge is 0.456 e. The van der Waals surface area contributed by atoms with Crippen molar-refractivity contribution in [3.63, 3.8) is 0 Å². The van der Waals surface area contributed by atoms with Gasteiger partial charge in [0.2, 0.25) is 0 Å². The fourth-order valence-electron chi connectivity index (χ4n) is 2.52. The molecule has 0 heterocycles. The highest BCUT2D eigenvalue weighted by atomic mass is 16.5. The van der Waals surface area contributed by atoms with Crippen molar-refractivity contribution in [2.75, 3.05) is 6.61 Å². The number of rotatable bonds is 9. The van der Waals surface area contributed by atoms with Crippen molar-refractivity contribution < 1.29 is 19.1 Å². The Hall–Kier alpha value is -2.95. The lowest BCUT2D eigenvalue weighted by Gasteiger charge is -2.17. The van der Waals surface area contributed by atoms with Crippen LogP contribution in [0.2, 0.25) is 0 Å². The van der Waals surface area contributed by atoms with Gasteiger partial charge in [-0.2, -0.15) is 0 Å². The predicted molar refractivity (Wildman–Crippen MR) is 109 cm³/mol. The van der Waals surface area contributed by atoms with Gasteiger partial charge in [0.15, 0.2) is 12.4 Å². The van der Waals surface area contributed by atoms with Gasteiger partial charge >= 0.3 is 5.97 Å². The first-order chi connectivity index (χ1) is 13.4. The minimum atomic E-state index is -0.554. The van der Waals surface area contributed by atoms with E-state index >= 15 is 0 Å². The molecule has 0 saturated heterocycles. The molecule has 0 aliphatic rings. The molecule has 1 N–H and O–H groups in total. The number of ketones is 1. The van der Waals surface area contributed by atoms with E-state index in [1.54, 1.807) is 12.1 Å². The monoisotopic (exact) mass is 381 g/mol. The van der Waals surface area contributed by atoms with Crippen LogP contribution >= 0.6 is 0 Å². The molecule has 0 aliphatic heterocycles. The zero-order valence-corrected chi connectivity index (χ0v) is 16.6. The first-order valence-corrected chi connectivity index (χ1v) is 9.50. The van der Waals surface area contributed by atoms with Crippen molar-refractivity contribution in [2.24, 2.45) is 5.92 Å². The van der Waals surface area contributed by atoms with Crippen molar-refractivity contribution in [1.29, 1.82) is 0 Å². The molecular formula is C23H27NO4. The van der Waals surface area contributed by atoms with E-state index in [-0.39, 0.29) is 37.2 Å². The Kier molecular flexibility index (Phi) is 7.93. The second kappa shape index (κ2) is 10.4. The number of benzene rings is 2. The van der Waals surface area contributed by atoms with E-state index in [1.807, 2.05) is 63.2 Å². The molecule has 0 bridgehead atoms. The van der Waals surface area contributed by atoms with Crippen LogP contribution in [0, 0.1) is 5.92 Å². The van der Waals surface area contributed by atoms with Crippen LogP contribution in [0.25, 0.3) is 11.1 Å². The summed E-state index contributed by atoms with van der Waals surface area (Å²) < 4.78 is 4.94. The molecule has 1 amide bonds. The van der Waals surface area contributed by atoms with Gasteiger partial charge in [0.25, 0.3) is 5.91 Å². The Bertz CT molecular complexity index is 797. The second-order valence-electron chi connectivity index (χ2n) is 7.13. The maximum Gasteiger partial charge on any atom is 0.306 e. The summed E-state index contributed by atoms with van der Waals surface area (Å²) in [7, 11) is 0. The molecule has 0 aliphatic carbocycles. The summed E-state index contributed by atoms with van der Waals surface area (Å²) in [4.78, 5) is 35.8. The summed E-state index contributed by atoms with van der Waals surface area (Å²) >= 11 is 0. The molecule has 0 saturated carbocycles. The SMILES string of the molecule is CC(C)[C@H](C)NC(=O)COC(=O)CCC(=O)c1ccc(-c2ccccc2)cc1. The highest BCUT2D eigenvalue weighted by Crippen LogP contribution is 2.20. The van der Waals surface area contributed by atoms with Gasteiger partial charge in [-0.15, -0.1) is 0 Å². The smallest absolute Gasteiger partial charge is 0.306 e. The molecule has 0 aromatic heterocycles. The lowest BCUT2D eigenvalue weighted by molar-refractivity contribution is -0.148. The van der Waals surface area contributed by atoms with Gasteiger partial charge in [0.1, 0.15) is 0 Å². The topological polar surface area (TPSA) is 72.5 Å². The number of ether oxygens (including phenoxy) is 1. The lowest BCUT2D eigenvalue weighted by Crippen LogP contribution is -2.38. The van der Waals surface area contributed by atoms with E-state index in [4.69, 9.17) is 4.74 Å². The zero-order valence-electron chi connectivity index (χ0n) is 16.6. The number of esters is 1. The van der Waals surface area contributed by atoms with Gasteiger partial charge in [0, 0.05) is 18.0 Å². The van der Waals surface area contributed by atoms with Crippen LogP contribution in [0.4, 0.5) is 0 Å². The van der Waals surface area contributed by atoms with Crippen LogP contribution in [-0.4, -0.2) is 30.3 Å². The Morgan fingerprint density at radius 2 is 1.46 bits per heavy atom. The van der Waals surface area contributed by atoms with Gasteiger partial charge in [-0.1, -0.05) is 68.4 Å². The quantitative estimate of drug-likeness (QED) is 0.526. The summed E-state index contributed by atoms with van der Waals surface area (Å²) in [6.07, 6.45) is -0.000182. The maximum absolute atomic E-state index is 12.3. The van der Waals surface area contributed by atoms with Crippen LogP contribution in [0.1, 0.15) is 44.0 Å². The fourth-order valence-corrected chi connectivity index (χ4v) is 2.52. The van der Waals surface area contributed by atoms with E-state index in [1.165, 1.54) is 0 Å². The normalized spacial score (nSPS) is 11.7. The molecule has 5 heteroatoms. The molecular weight excluding hydrogens is 354 g/mol. The van der Waals surface area contributed by atoms with Crippen LogP contribution in [0.15, 0.2) is 54.6 Å². The van der Waals surface area contributed by atoms with E-state index in [0.29, 0.717) is 11.5 Å². The molecule has 5 nitrogen and oxygen atoms in total. The predicted octanol–water partition coefficient (Wildman–Crippen LogP) is 4.02. The molecule has 1 atom stereocenters. The summed E-state index contributed by atoms with van der Waals surface area (Å²) in [6.45, 7) is 5.56. The minimum Gasteiger partial charge on any atom is -0.456 e. The molecule has 2 aromatic rings. The number of carbonyl (C=O) groups is 3. The van der Waals surface area contributed by atoms with Crippen LogP contribution < -0.4 is 5.32 Å². The van der Waals surface area contributed by atoms with Crippen LogP contribution in [-0.2, 0) is 14.3 Å².